The smallest absolute Gasteiger partial charge is 0.205 e. The van der Waals surface area contributed by atoms with Gasteiger partial charge in [0.25, 0.3) is 0 Å². The summed E-state index contributed by atoms with van der Waals surface area (Å²) in [6.07, 6.45) is -0.630. The third kappa shape index (κ3) is 4.79. The lowest BCUT2D eigenvalue weighted by Crippen LogP contribution is -2.37. The van der Waals surface area contributed by atoms with Crippen LogP contribution >= 0.6 is 0 Å². The second kappa shape index (κ2) is 8.76. The Bertz CT molecular complexity index is 813. The lowest BCUT2D eigenvalue weighted by atomic mass is 10.1. The minimum absolute atomic E-state index is 0.0535. The van der Waals surface area contributed by atoms with E-state index < -0.39 is 6.17 Å². The number of ketones is 1. The Morgan fingerprint density at radius 3 is 1.56 bits per heavy atom. The Hall–Kier alpha value is -3.47. The molecule has 3 aromatic carbocycles. The monoisotopic (exact) mass is 362 g/mol. The predicted octanol–water partition coefficient (Wildman–Crippen LogP) is 4.44. The largest absolute Gasteiger partial charge is 0.497 e. The second-order valence-electron chi connectivity index (χ2n) is 5.91. The first-order chi connectivity index (χ1) is 13.2. The summed E-state index contributed by atoms with van der Waals surface area (Å²) in [5, 5.41) is 6.52. The number of carbonyl (C=O) groups is 1. The van der Waals surface area contributed by atoms with Crippen LogP contribution in [-0.2, 0) is 0 Å². The van der Waals surface area contributed by atoms with Crippen molar-refractivity contribution < 1.29 is 14.3 Å². The third-order valence-corrected chi connectivity index (χ3v) is 4.12. The van der Waals surface area contributed by atoms with Crippen molar-refractivity contribution in [3.8, 4) is 11.5 Å². The quantitative estimate of drug-likeness (QED) is 0.458. The van der Waals surface area contributed by atoms with Crippen LogP contribution in [0.5, 0.6) is 11.5 Å². The first-order valence-corrected chi connectivity index (χ1v) is 8.60. The number of anilines is 2. The van der Waals surface area contributed by atoms with Crippen molar-refractivity contribution in [1.29, 1.82) is 0 Å². The Labute approximate surface area is 158 Å². The molecule has 5 nitrogen and oxygen atoms in total. The van der Waals surface area contributed by atoms with Gasteiger partial charge >= 0.3 is 0 Å². The number of ether oxygens (including phenoxy) is 2. The zero-order valence-corrected chi connectivity index (χ0v) is 15.3. The van der Waals surface area contributed by atoms with Crippen LogP contribution in [0, 0.1) is 0 Å². The number of methoxy groups -OCH3 is 2. The summed E-state index contributed by atoms with van der Waals surface area (Å²) in [7, 11) is 3.24. The lowest BCUT2D eigenvalue weighted by Gasteiger charge is -2.22. The molecule has 0 amide bonds. The summed E-state index contributed by atoms with van der Waals surface area (Å²) in [5.41, 5.74) is 2.25. The number of rotatable bonds is 8. The van der Waals surface area contributed by atoms with Crippen LogP contribution in [0.2, 0.25) is 0 Å². The molecule has 0 aliphatic carbocycles. The SMILES string of the molecule is COc1ccc(NC(Nc2ccc(OC)cc2)C(=O)c2ccccc2)cc1. The highest BCUT2D eigenvalue weighted by atomic mass is 16.5. The van der Waals surface area contributed by atoms with Crippen LogP contribution in [-0.4, -0.2) is 26.2 Å². The summed E-state index contributed by atoms with van der Waals surface area (Å²) >= 11 is 0. The van der Waals surface area contributed by atoms with Gasteiger partial charge in [-0.05, 0) is 48.5 Å². The summed E-state index contributed by atoms with van der Waals surface area (Å²) in [6, 6.07) is 24.1. The molecule has 0 fully saturated rings. The number of Topliss-reactive ketones (excluding diaryl/α,β-unsaturated/α-hetero) is 1. The van der Waals surface area contributed by atoms with Crippen LogP contribution in [0.4, 0.5) is 11.4 Å². The van der Waals surface area contributed by atoms with Gasteiger partial charge in [-0.15, -0.1) is 0 Å². The highest BCUT2D eigenvalue weighted by Gasteiger charge is 2.20. The minimum atomic E-state index is -0.630. The Balaban J connectivity index is 1.83. The number of hydrogen-bond acceptors (Lipinski definition) is 5. The molecule has 0 unspecified atom stereocenters. The second-order valence-corrected chi connectivity index (χ2v) is 5.91. The first-order valence-electron chi connectivity index (χ1n) is 8.60. The molecule has 0 saturated heterocycles. The predicted molar refractivity (Wildman–Crippen MR) is 108 cm³/mol. The molecule has 0 heterocycles. The fourth-order valence-corrected chi connectivity index (χ4v) is 2.64. The van der Waals surface area contributed by atoms with Crippen molar-refractivity contribution in [2.45, 2.75) is 6.17 Å². The van der Waals surface area contributed by atoms with E-state index in [4.69, 9.17) is 9.47 Å². The van der Waals surface area contributed by atoms with E-state index in [0.717, 1.165) is 22.9 Å². The Morgan fingerprint density at radius 1 is 0.704 bits per heavy atom. The molecule has 3 aromatic rings. The summed E-state index contributed by atoms with van der Waals surface area (Å²) < 4.78 is 10.4. The Morgan fingerprint density at radius 2 is 1.15 bits per heavy atom. The molecule has 5 heteroatoms. The van der Waals surface area contributed by atoms with E-state index in [-0.39, 0.29) is 5.78 Å². The molecule has 138 valence electrons. The molecule has 0 aliphatic heterocycles. The number of nitrogens with one attached hydrogen (secondary N) is 2. The molecule has 2 N–H and O–H groups in total. The number of benzene rings is 3. The molecule has 3 rings (SSSR count). The van der Waals surface area contributed by atoms with E-state index in [2.05, 4.69) is 10.6 Å². The normalized spacial score (nSPS) is 10.3. The van der Waals surface area contributed by atoms with Gasteiger partial charge < -0.3 is 20.1 Å². The fraction of sp³-hybridized carbons (Fsp3) is 0.136. The molecule has 27 heavy (non-hydrogen) atoms. The van der Waals surface area contributed by atoms with Crippen molar-refractivity contribution in [3.63, 3.8) is 0 Å². The van der Waals surface area contributed by atoms with Gasteiger partial charge in [0.1, 0.15) is 11.5 Å². The van der Waals surface area contributed by atoms with E-state index in [9.17, 15) is 4.79 Å². The van der Waals surface area contributed by atoms with Gasteiger partial charge in [0.2, 0.25) is 5.78 Å². The van der Waals surface area contributed by atoms with Crippen molar-refractivity contribution in [1.82, 2.24) is 0 Å². The third-order valence-electron chi connectivity index (χ3n) is 4.12. The summed E-state index contributed by atoms with van der Waals surface area (Å²) in [5.74, 6) is 1.46. The van der Waals surface area contributed by atoms with Gasteiger partial charge in [-0.2, -0.15) is 0 Å². The summed E-state index contributed by atoms with van der Waals surface area (Å²) in [4.78, 5) is 13.0. The topological polar surface area (TPSA) is 59.6 Å². The van der Waals surface area contributed by atoms with Gasteiger partial charge in [-0.1, -0.05) is 30.3 Å². The van der Waals surface area contributed by atoms with Gasteiger partial charge in [-0.25, -0.2) is 0 Å². The molecule has 0 aliphatic rings. The average Bonchev–Trinajstić information content (AvgIpc) is 2.74. The van der Waals surface area contributed by atoms with Crippen molar-refractivity contribution >= 4 is 17.2 Å². The van der Waals surface area contributed by atoms with Gasteiger partial charge in [-0.3, -0.25) is 4.79 Å². The average molecular weight is 362 g/mol. The van der Waals surface area contributed by atoms with Crippen LogP contribution < -0.4 is 20.1 Å². The van der Waals surface area contributed by atoms with E-state index in [1.807, 2.05) is 66.7 Å². The molecule has 0 spiro atoms. The highest BCUT2D eigenvalue weighted by molar-refractivity contribution is 6.03. The highest BCUT2D eigenvalue weighted by Crippen LogP contribution is 2.20. The molecule has 0 saturated carbocycles. The fourth-order valence-electron chi connectivity index (χ4n) is 2.64. The van der Waals surface area contributed by atoms with Gasteiger partial charge in [0.15, 0.2) is 6.17 Å². The van der Waals surface area contributed by atoms with Crippen molar-refractivity contribution in [3.05, 3.63) is 84.4 Å². The number of carbonyl (C=O) groups excluding carboxylic acids is 1. The van der Waals surface area contributed by atoms with E-state index in [0.29, 0.717) is 5.56 Å². The summed E-state index contributed by atoms with van der Waals surface area (Å²) in [6.45, 7) is 0. The standard InChI is InChI=1S/C22H22N2O3/c1-26-19-12-8-17(9-13-19)23-22(21(25)16-6-4-3-5-7-16)24-18-10-14-20(27-2)15-11-18/h3-15,22-24H,1-2H3. The maximum absolute atomic E-state index is 13.0. The molecule has 0 aromatic heterocycles. The van der Waals surface area contributed by atoms with Crippen LogP contribution in [0.25, 0.3) is 0 Å². The van der Waals surface area contributed by atoms with Gasteiger partial charge in [0, 0.05) is 16.9 Å². The molecule has 0 atom stereocenters. The molecule has 0 bridgehead atoms. The minimum Gasteiger partial charge on any atom is -0.497 e. The van der Waals surface area contributed by atoms with Crippen LogP contribution in [0.1, 0.15) is 10.4 Å². The van der Waals surface area contributed by atoms with E-state index >= 15 is 0 Å². The van der Waals surface area contributed by atoms with Crippen molar-refractivity contribution in [2.75, 3.05) is 24.9 Å². The number of hydrogen-bond donors (Lipinski definition) is 2. The van der Waals surface area contributed by atoms with E-state index in [1.165, 1.54) is 0 Å². The van der Waals surface area contributed by atoms with E-state index in [1.54, 1.807) is 26.4 Å². The Kier molecular flexibility index (Phi) is 5.94. The maximum Gasteiger partial charge on any atom is 0.205 e. The van der Waals surface area contributed by atoms with Gasteiger partial charge in [0.05, 0.1) is 14.2 Å². The molecule has 0 radical (unpaired) electrons. The maximum atomic E-state index is 13.0. The van der Waals surface area contributed by atoms with Crippen molar-refractivity contribution in [2.24, 2.45) is 0 Å². The zero-order valence-electron chi connectivity index (χ0n) is 15.3. The molecular weight excluding hydrogens is 340 g/mol. The molecular formula is C22H22N2O3. The van der Waals surface area contributed by atoms with Crippen LogP contribution in [0.15, 0.2) is 78.9 Å². The zero-order chi connectivity index (χ0) is 19.1. The first kappa shape index (κ1) is 18.3. The van der Waals surface area contributed by atoms with Crippen LogP contribution in [0.3, 0.4) is 0 Å². The lowest BCUT2D eigenvalue weighted by molar-refractivity contribution is 0.0978.